The Morgan fingerprint density at radius 2 is 1.87 bits per heavy atom. The highest BCUT2D eigenvalue weighted by Gasteiger charge is 2.19. The second-order valence-corrected chi connectivity index (χ2v) is 8.41. The van der Waals surface area contributed by atoms with E-state index >= 15 is 0 Å². The van der Waals surface area contributed by atoms with Crippen LogP contribution < -0.4 is 9.46 Å². The summed E-state index contributed by atoms with van der Waals surface area (Å²) >= 11 is 6.22. The molecule has 0 bridgehead atoms. The standard InChI is InChI=1S/C19H14ClF2N5O3S/c20-14-4-2-1-3-13(14)19-25-24-17-7-8-18(26-27(17)19)30-10-9-23-31(28,29)16-6-5-12(21)11-15(16)22/h1-8,11,23H,9-10H2. The molecule has 12 heteroatoms. The van der Waals surface area contributed by atoms with Crippen LogP contribution in [0.3, 0.4) is 0 Å². The van der Waals surface area contributed by atoms with Crippen molar-refractivity contribution < 1.29 is 21.9 Å². The number of ether oxygens (including phenoxy) is 1. The van der Waals surface area contributed by atoms with E-state index in [1.165, 1.54) is 4.52 Å². The molecule has 0 aliphatic rings. The Morgan fingerprint density at radius 1 is 1.06 bits per heavy atom. The van der Waals surface area contributed by atoms with Gasteiger partial charge in [-0.15, -0.1) is 15.3 Å². The van der Waals surface area contributed by atoms with E-state index in [4.69, 9.17) is 16.3 Å². The number of aromatic nitrogens is 4. The number of halogens is 3. The number of rotatable bonds is 7. The van der Waals surface area contributed by atoms with Crippen LogP contribution in [0.5, 0.6) is 5.88 Å². The number of nitrogens with one attached hydrogen (secondary N) is 1. The molecule has 4 aromatic rings. The molecule has 1 N–H and O–H groups in total. The molecule has 0 unspecified atom stereocenters. The highest BCUT2D eigenvalue weighted by molar-refractivity contribution is 7.89. The third-order valence-electron chi connectivity index (χ3n) is 4.18. The molecule has 8 nitrogen and oxygen atoms in total. The molecule has 2 aromatic carbocycles. The first kappa shape index (κ1) is 21.1. The fourth-order valence-corrected chi connectivity index (χ4v) is 4.05. The summed E-state index contributed by atoms with van der Waals surface area (Å²) in [5.41, 5.74) is 1.10. The number of hydrogen-bond acceptors (Lipinski definition) is 6. The first-order valence-corrected chi connectivity index (χ1v) is 10.8. The summed E-state index contributed by atoms with van der Waals surface area (Å²) in [5.74, 6) is -1.45. The van der Waals surface area contributed by atoms with Gasteiger partial charge in [0, 0.05) is 24.2 Å². The maximum absolute atomic E-state index is 13.7. The third-order valence-corrected chi connectivity index (χ3v) is 6.00. The van der Waals surface area contributed by atoms with Crippen molar-refractivity contribution in [1.29, 1.82) is 0 Å². The van der Waals surface area contributed by atoms with Gasteiger partial charge in [-0.2, -0.15) is 4.52 Å². The molecule has 160 valence electrons. The summed E-state index contributed by atoms with van der Waals surface area (Å²) < 4.78 is 60.2. The normalized spacial score (nSPS) is 11.7. The molecule has 31 heavy (non-hydrogen) atoms. The Kier molecular flexibility index (Phi) is 5.81. The van der Waals surface area contributed by atoms with Crippen LogP contribution in [0.1, 0.15) is 0 Å². The maximum atomic E-state index is 13.7. The largest absolute Gasteiger partial charge is 0.475 e. The Bertz CT molecular complexity index is 1360. The average Bonchev–Trinajstić information content (AvgIpc) is 3.14. The van der Waals surface area contributed by atoms with E-state index in [-0.39, 0.29) is 19.0 Å². The summed E-state index contributed by atoms with van der Waals surface area (Å²) in [4.78, 5) is -0.651. The number of sulfonamides is 1. The van der Waals surface area contributed by atoms with E-state index in [2.05, 4.69) is 20.0 Å². The van der Waals surface area contributed by atoms with E-state index in [1.807, 2.05) is 0 Å². The molecule has 0 amide bonds. The predicted molar refractivity (Wildman–Crippen MR) is 108 cm³/mol. The minimum atomic E-state index is -4.17. The molecule has 0 atom stereocenters. The molecule has 0 saturated carbocycles. The lowest BCUT2D eigenvalue weighted by Crippen LogP contribution is -2.29. The van der Waals surface area contributed by atoms with Gasteiger partial charge in [0.2, 0.25) is 15.9 Å². The zero-order chi connectivity index (χ0) is 22.0. The van der Waals surface area contributed by atoms with Crippen LogP contribution in [0.15, 0.2) is 59.5 Å². The molecule has 2 heterocycles. The smallest absolute Gasteiger partial charge is 0.243 e. The first-order chi connectivity index (χ1) is 14.8. The van der Waals surface area contributed by atoms with Gasteiger partial charge in [0.1, 0.15) is 23.1 Å². The number of benzene rings is 2. The van der Waals surface area contributed by atoms with Gasteiger partial charge in [-0.1, -0.05) is 23.7 Å². The van der Waals surface area contributed by atoms with Gasteiger partial charge in [0.15, 0.2) is 11.5 Å². The lowest BCUT2D eigenvalue weighted by atomic mass is 10.2. The van der Waals surface area contributed by atoms with Crippen molar-refractivity contribution in [3.05, 3.63) is 71.3 Å². The molecule has 4 rings (SSSR count). The van der Waals surface area contributed by atoms with Crippen molar-refractivity contribution >= 4 is 27.3 Å². The fraction of sp³-hybridized carbons (Fsp3) is 0.105. The predicted octanol–water partition coefficient (Wildman–Crippen LogP) is 3.08. The summed E-state index contributed by atoms with van der Waals surface area (Å²) in [7, 11) is -4.17. The molecular weight excluding hydrogens is 452 g/mol. The highest BCUT2D eigenvalue weighted by atomic mass is 35.5. The van der Waals surface area contributed by atoms with Gasteiger partial charge >= 0.3 is 0 Å². The van der Waals surface area contributed by atoms with Gasteiger partial charge in [-0.05, 0) is 30.3 Å². The summed E-state index contributed by atoms with van der Waals surface area (Å²) in [6, 6.07) is 12.5. The van der Waals surface area contributed by atoms with Crippen LogP contribution in [-0.2, 0) is 10.0 Å². The second kappa shape index (κ2) is 8.53. The molecular formula is C19H14ClF2N5O3S. The van der Waals surface area contributed by atoms with Crippen molar-refractivity contribution in [1.82, 2.24) is 24.5 Å². The lowest BCUT2D eigenvalue weighted by molar-refractivity contribution is 0.306. The van der Waals surface area contributed by atoms with Crippen LogP contribution in [0, 0.1) is 11.6 Å². The minimum Gasteiger partial charge on any atom is -0.475 e. The van der Waals surface area contributed by atoms with Gasteiger partial charge < -0.3 is 4.74 Å². The van der Waals surface area contributed by atoms with E-state index in [0.29, 0.717) is 28.1 Å². The zero-order valence-electron chi connectivity index (χ0n) is 15.7. The van der Waals surface area contributed by atoms with E-state index in [9.17, 15) is 17.2 Å². The van der Waals surface area contributed by atoms with Crippen LogP contribution in [-0.4, -0.2) is 41.4 Å². The summed E-state index contributed by atoms with van der Waals surface area (Å²) in [6.07, 6.45) is 0. The molecule has 0 spiro atoms. The SMILES string of the molecule is O=S(=O)(NCCOc1ccc2nnc(-c3ccccc3Cl)n2n1)c1ccc(F)cc1F. The van der Waals surface area contributed by atoms with Crippen molar-refractivity contribution in [2.45, 2.75) is 4.90 Å². The zero-order valence-corrected chi connectivity index (χ0v) is 17.2. The molecule has 2 aromatic heterocycles. The fourth-order valence-electron chi connectivity index (χ4n) is 2.76. The number of hydrogen-bond donors (Lipinski definition) is 1. The highest BCUT2D eigenvalue weighted by Crippen LogP contribution is 2.26. The topological polar surface area (TPSA) is 98.5 Å². The van der Waals surface area contributed by atoms with Crippen LogP contribution in [0.25, 0.3) is 17.0 Å². The van der Waals surface area contributed by atoms with Crippen LogP contribution in [0.2, 0.25) is 5.02 Å². The molecule has 0 aliphatic carbocycles. The quantitative estimate of drug-likeness (QED) is 0.421. The molecule has 0 radical (unpaired) electrons. The summed E-state index contributed by atoms with van der Waals surface area (Å²) in [6.45, 7) is -0.261. The second-order valence-electron chi connectivity index (χ2n) is 6.27. The van der Waals surface area contributed by atoms with E-state index in [1.54, 1.807) is 36.4 Å². The van der Waals surface area contributed by atoms with Crippen LogP contribution >= 0.6 is 11.6 Å². The molecule has 0 fully saturated rings. The Morgan fingerprint density at radius 3 is 2.65 bits per heavy atom. The maximum Gasteiger partial charge on any atom is 0.243 e. The molecule has 0 saturated heterocycles. The van der Waals surface area contributed by atoms with Gasteiger partial charge in [-0.3, -0.25) is 0 Å². The number of fused-ring (bicyclic) bond motifs is 1. The van der Waals surface area contributed by atoms with E-state index < -0.39 is 26.6 Å². The monoisotopic (exact) mass is 465 g/mol. The van der Waals surface area contributed by atoms with Crippen molar-refractivity contribution in [2.75, 3.05) is 13.2 Å². The third kappa shape index (κ3) is 4.48. The Hall–Kier alpha value is -3.15. The number of nitrogens with zero attached hydrogens (tertiary/aromatic N) is 4. The van der Waals surface area contributed by atoms with E-state index in [0.717, 1.165) is 12.1 Å². The average molecular weight is 466 g/mol. The Balaban J connectivity index is 1.45. The van der Waals surface area contributed by atoms with Crippen molar-refractivity contribution in [3.63, 3.8) is 0 Å². The van der Waals surface area contributed by atoms with Gasteiger partial charge in [-0.25, -0.2) is 21.9 Å². The minimum absolute atomic E-state index is 0.0932. The molecule has 0 aliphatic heterocycles. The van der Waals surface area contributed by atoms with Crippen LogP contribution in [0.4, 0.5) is 8.78 Å². The van der Waals surface area contributed by atoms with Gasteiger partial charge in [0.05, 0.1) is 5.02 Å². The van der Waals surface area contributed by atoms with Gasteiger partial charge in [0.25, 0.3) is 0 Å². The first-order valence-electron chi connectivity index (χ1n) is 8.90. The van der Waals surface area contributed by atoms with Crippen molar-refractivity contribution in [3.8, 4) is 17.3 Å². The lowest BCUT2D eigenvalue weighted by Gasteiger charge is -2.09. The summed E-state index contributed by atoms with van der Waals surface area (Å²) in [5, 5.41) is 12.9. The van der Waals surface area contributed by atoms with Crippen molar-refractivity contribution in [2.24, 2.45) is 0 Å². The Labute approximate surface area is 180 Å².